The topological polar surface area (TPSA) is 93.9 Å². The molecule has 0 fully saturated rings. The van der Waals surface area contributed by atoms with Gasteiger partial charge in [-0.05, 0) is 44.2 Å². The lowest BCUT2D eigenvalue weighted by atomic mass is 10.1. The van der Waals surface area contributed by atoms with Gasteiger partial charge in [-0.15, -0.1) is 0 Å². The third kappa shape index (κ3) is 3.43. The van der Waals surface area contributed by atoms with Gasteiger partial charge in [0.25, 0.3) is 11.8 Å². The molecule has 4 rings (SSSR count). The van der Waals surface area contributed by atoms with E-state index in [0.717, 1.165) is 14.9 Å². The summed E-state index contributed by atoms with van der Waals surface area (Å²) < 4.78 is 11.2. The van der Waals surface area contributed by atoms with Crippen LogP contribution in [0.1, 0.15) is 38.8 Å². The maximum absolute atomic E-state index is 12.7. The Morgan fingerprint density at radius 3 is 2.57 bits per heavy atom. The van der Waals surface area contributed by atoms with Crippen molar-refractivity contribution in [3.8, 4) is 0 Å². The normalized spacial score (nSPS) is 14.2. The third-order valence-corrected chi connectivity index (χ3v) is 5.46. The first kappa shape index (κ1) is 20.0. The Labute approximate surface area is 179 Å². The number of hydrogen-bond acceptors (Lipinski definition) is 6. The Bertz CT molecular complexity index is 1280. The van der Waals surface area contributed by atoms with E-state index < -0.39 is 29.5 Å². The molecule has 1 unspecified atom stereocenters. The van der Waals surface area contributed by atoms with Gasteiger partial charge < -0.3 is 9.15 Å². The minimum absolute atomic E-state index is 0.199. The molecule has 2 amide bonds. The molecular formula is C22H16BrNO6. The first-order chi connectivity index (χ1) is 14.3. The molecule has 0 spiro atoms. The number of nitrogens with zero attached hydrogens (tertiary/aromatic N) is 1. The van der Waals surface area contributed by atoms with E-state index in [1.807, 2.05) is 6.92 Å². The molecule has 3 aromatic rings. The Balaban J connectivity index is 1.54. The first-order valence-electron chi connectivity index (χ1n) is 9.13. The van der Waals surface area contributed by atoms with E-state index in [1.165, 1.54) is 13.0 Å². The number of ether oxygens (including phenoxy) is 1. The summed E-state index contributed by atoms with van der Waals surface area (Å²) in [6, 6.07) is 10.2. The number of carbonyl (C=O) groups is 3. The molecule has 30 heavy (non-hydrogen) atoms. The number of benzene rings is 2. The monoisotopic (exact) mass is 469 g/mol. The lowest BCUT2D eigenvalue weighted by Gasteiger charge is -2.21. The average Bonchev–Trinajstić information content (AvgIpc) is 2.94. The Morgan fingerprint density at radius 2 is 1.80 bits per heavy atom. The highest BCUT2D eigenvalue weighted by atomic mass is 79.9. The van der Waals surface area contributed by atoms with Crippen LogP contribution in [0.2, 0.25) is 0 Å². The number of halogens is 1. The van der Waals surface area contributed by atoms with Gasteiger partial charge >= 0.3 is 11.6 Å². The van der Waals surface area contributed by atoms with Gasteiger partial charge in [-0.2, -0.15) is 0 Å². The zero-order chi connectivity index (χ0) is 21.6. The quantitative estimate of drug-likeness (QED) is 0.329. The van der Waals surface area contributed by atoms with Crippen molar-refractivity contribution in [1.82, 2.24) is 4.90 Å². The van der Waals surface area contributed by atoms with Gasteiger partial charge in [0, 0.05) is 21.5 Å². The van der Waals surface area contributed by atoms with Crippen LogP contribution in [0.25, 0.3) is 11.0 Å². The number of esters is 1. The van der Waals surface area contributed by atoms with Crippen LogP contribution < -0.4 is 5.63 Å². The molecule has 1 aliphatic heterocycles. The molecule has 152 valence electrons. The largest absolute Gasteiger partial charge is 0.459 e. The van der Waals surface area contributed by atoms with E-state index in [0.29, 0.717) is 16.5 Å². The molecule has 0 radical (unpaired) electrons. The van der Waals surface area contributed by atoms with E-state index in [-0.39, 0.29) is 17.7 Å². The summed E-state index contributed by atoms with van der Waals surface area (Å²) in [7, 11) is 0. The fourth-order valence-corrected chi connectivity index (χ4v) is 3.76. The van der Waals surface area contributed by atoms with E-state index in [4.69, 9.17) is 9.15 Å². The minimum atomic E-state index is -1.11. The van der Waals surface area contributed by atoms with E-state index >= 15 is 0 Å². The van der Waals surface area contributed by atoms with Crippen LogP contribution in [0.4, 0.5) is 0 Å². The van der Waals surface area contributed by atoms with Crippen LogP contribution in [0.5, 0.6) is 0 Å². The summed E-state index contributed by atoms with van der Waals surface area (Å²) in [6.07, 6.45) is 0. The highest BCUT2D eigenvalue weighted by Crippen LogP contribution is 2.27. The van der Waals surface area contributed by atoms with Crippen molar-refractivity contribution in [2.75, 3.05) is 0 Å². The fraction of sp³-hybridized carbons (Fsp3) is 0.182. The predicted octanol–water partition coefficient (Wildman–Crippen LogP) is 3.59. The lowest BCUT2D eigenvalue weighted by Crippen LogP contribution is -2.43. The molecule has 2 heterocycles. The highest BCUT2D eigenvalue weighted by Gasteiger charge is 2.41. The van der Waals surface area contributed by atoms with Crippen molar-refractivity contribution in [3.63, 3.8) is 0 Å². The number of fused-ring (bicyclic) bond motifs is 2. The number of rotatable bonds is 4. The summed E-state index contributed by atoms with van der Waals surface area (Å²) in [6.45, 7) is 3.05. The molecule has 1 aromatic heterocycles. The van der Waals surface area contributed by atoms with Crippen molar-refractivity contribution >= 4 is 44.7 Å². The molecule has 7 nitrogen and oxygen atoms in total. The Hall–Kier alpha value is -3.26. The fourth-order valence-electron chi connectivity index (χ4n) is 3.42. The zero-order valence-electron chi connectivity index (χ0n) is 16.1. The molecule has 1 atom stereocenters. The van der Waals surface area contributed by atoms with Gasteiger partial charge in [-0.3, -0.25) is 14.5 Å². The maximum Gasteiger partial charge on any atom is 0.336 e. The van der Waals surface area contributed by atoms with Crippen molar-refractivity contribution in [1.29, 1.82) is 0 Å². The van der Waals surface area contributed by atoms with Gasteiger partial charge in [-0.25, -0.2) is 9.59 Å². The zero-order valence-corrected chi connectivity index (χ0v) is 17.7. The Kier molecular flexibility index (Phi) is 5.03. The number of amides is 2. The summed E-state index contributed by atoms with van der Waals surface area (Å²) in [5.41, 5.74) is 1.63. The summed E-state index contributed by atoms with van der Waals surface area (Å²) in [5.74, 6) is -1.81. The molecule has 1 aliphatic rings. The lowest BCUT2D eigenvalue weighted by molar-refractivity contribution is -0.149. The standard InChI is InChI=1S/C22H16BrNO6/c1-11-3-5-16-17(7-11)21(27)24(20(16)26)12(2)22(28)29-10-13-8-19(25)30-18-9-14(23)4-6-15(13)18/h3-9,12H,10H2,1-2H3. The SMILES string of the molecule is Cc1ccc2c(c1)C(=O)N(C(C)C(=O)OCc1cc(=O)oc3cc(Br)ccc13)C2=O. The molecular weight excluding hydrogens is 454 g/mol. The Morgan fingerprint density at radius 1 is 1.07 bits per heavy atom. The maximum atomic E-state index is 12.7. The second kappa shape index (κ2) is 7.53. The third-order valence-electron chi connectivity index (χ3n) is 4.96. The molecule has 0 bridgehead atoms. The second-order valence-electron chi connectivity index (χ2n) is 7.04. The van der Waals surface area contributed by atoms with Crippen LogP contribution in [0.3, 0.4) is 0 Å². The van der Waals surface area contributed by atoms with Gasteiger partial charge in [0.2, 0.25) is 0 Å². The number of hydrogen-bond donors (Lipinski definition) is 0. The van der Waals surface area contributed by atoms with Gasteiger partial charge in [-0.1, -0.05) is 27.6 Å². The summed E-state index contributed by atoms with van der Waals surface area (Å²) in [5, 5.41) is 0.620. The second-order valence-corrected chi connectivity index (χ2v) is 7.96. The van der Waals surface area contributed by atoms with E-state index in [1.54, 1.807) is 36.4 Å². The molecule has 2 aromatic carbocycles. The van der Waals surface area contributed by atoms with Crippen LogP contribution in [0.15, 0.2) is 56.1 Å². The minimum Gasteiger partial charge on any atom is -0.459 e. The summed E-state index contributed by atoms with van der Waals surface area (Å²) in [4.78, 5) is 50.6. The average molecular weight is 470 g/mol. The van der Waals surface area contributed by atoms with Crippen molar-refractivity contribution in [2.24, 2.45) is 0 Å². The van der Waals surface area contributed by atoms with Gasteiger partial charge in [0.15, 0.2) is 0 Å². The van der Waals surface area contributed by atoms with Crippen LogP contribution in [-0.4, -0.2) is 28.7 Å². The number of carbonyl (C=O) groups excluding carboxylic acids is 3. The highest BCUT2D eigenvalue weighted by molar-refractivity contribution is 9.10. The smallest absolute Gasteiger partial charge is 0.336 e. The molecule has 0 saturated heterocycles. The first-order valence-corrected chi connectivity index (χ1v) is 9.93. The van der Waals surface area contributed by atoms with Crippen LogP contribution >= 0.6 is 15.9 Å². The van der Waals surface area contributed by atoms with Gasteiger partial charge in [0.05, 0.1) is 11.1 Å². The van der Waals surface area contributed by atoms with E-state index in [9.17, 15) is 19.2 Å². The molecule has 0 saturated carbocycles. The molecule has 0 aliphatic carbocycles. The van der Waals surface area contributed by atoms with Gasteiger partial charge in [0.1, 0.15) is 18.2 Å². The van der Waals surface area contributed by atoms with Crippen molar-refractivity contribution in [3.05, 3.63) is 79.6 Å². The van der Waals surface area contributed by atoms with Crippen LogP contribution in [0, 0.1) is 6.92 Å². The molecule has 0 N–H and O–H groups in total. The summed E-state index contributed by atoms with van der Waals surface area (Å²) >= 11 is 3.31. The number of imide groups is 1. The van der Waals surface area contributed by atoms with E-state index in [2.05, 4.69) is 15.9 Å². The van der Waals surface area contributed by atoms with Crippen molar-refractivity contribution < 1.29 is 23.5 Å². The van der Waals surface area contributed by atoms with Crippen molar-refractivity contribution in [2.45, 2.75) is 26.5 Å². The predicted molar refractivity (Wildman–Crippen MR) is 111 cm³/mol. The van der Waals surface area contributed by atoms with Crippen LogP contribution in [-0.2, 0) is 16.1 Å². The molecule has 8 heteroatoms. The number of aryl methyl sites for hydroxylation is 1.